The smallest absolute Gasteiger partial charge is 0.243 e. The predicted octanol–water partition coefficient (Wildman–Crippen LogP) is 3.47. The maximum absolute atomic E-state index is 12.8. The second-order valence-corrected chi connectivity index (χ2v) is 9.40. The van der Waals surface area contributed by atoms with Crippen molar-refractivity contribution in [3.05, 3.63) is 54.6 Å². The van der Waals surface area contributed by atoms with Gasteiger partial charge in [-0.05, 0) is 55.5 Å². The van der Waals surface area contributed by atoms with Crippen molar-refractivity contribution in [1.82, 2.24) is 4.31 Å². The molecule has 0 saturated carbocycles. The Morgan fingerprint density at radius 2 is 1.63 bits per heavy atom. The number of thioether (sulfide) groups is 1. The summed E-state index contributed by atoms with van der Waals surface area (Å²) in [6, 6.07) is 16.5. The molecule has 0 aromatic heterocycles. The van der Waals surface area contributed by atoms with Crippen LogP contribution in [0.25, 0.3) is 0 Å². The summed E-state index contributed by atoms with van der Waals surface area (Å²) in [5.41, 5.74) is 0.853. The Kier molecular flexibility index (Phi) is 6.24. The minimum atomic E-state index is -3.51. The number of rotatable bonds is 5. The van der Waals surface area contributed by atoms with Crippen molar-refractivity contribution in [1.29, 1.82) is 0 Å². The summed E-state index contributed by atoms with van der Waals surface area (Å²) in [4.78, 5) is 15.8. The quantitative estimate of drug-likeness (QED) is 0.716. The molecule has 0 aliphatic carbocycles. The Bertz CT molecular complexity index is 875. The first-order chi connectivity index (χ1) is 12.9. The van der Waals surface area contributed by atoms with E-state index in [1.807, 2.05) is 48.7 Å². The fourth-order valence-electron chi connectivity index (χ4n) is 3.29. The molecular weight excluding hydrogens is 380 g/mol. The van der Waals surface area contributed by atoms with Crippen LogP contribution in [0.15, 0.2) is 64.4 Å². The van der Waals surface area contributed by atoms with E-state index in [2.05, 4.69) is 0 Å². The minimum Gasteiger partial charge on any atom is -0.315 e. The lowest BCUT2D eigenvalue weighted by atomic mass is 9.96. The van der Waals surface area contributed by atoms with Crippen LogP contribution in [-0.2, 0) is 14.8 Å². The number of benzene rings is 2. The lowest BCUT2D eigenvalue weighted by Gasteiger charge is -2.32. The summed E-state index contributed by atoms with van der Waals surface area (Å²) in [7, 11) is -1.74. The Morgan fingerprint density at radius 1 is 1.04 bits per heavy atom. The van der Waals surface area contributed by atoms with Crippen molar-refractivity contribution >= 4 is 33.4 Å². The highest BCUT2D eigenvalue weighted by molar-refractivity contribution is 7.98. The van der Waals surface area contributed by atoms with Crippen LogP contribution < -0.4 is 4.90 Å². The van der Waals surface area contributed by atoms with E-state index in [1.54, 1.807) is 35.8 Å². The van der Waals surface area contributed by atoms with E-state index in [1.165, 1.54) is 4.31 Å². The Morgan fingerprint density at radius 3 is 2.19 bits per heavy atom. The fraction of sp³-hybridized carbons (Fsp3) is 0.350. The Hall–Kier alpha value is -1.83. The van der Waals surface area contributed by atoms with Gasteiger partial charge in [-0.25, -0.2) is 8.42 Å². The summed E-state index contributed by atoms with van der Waals surface area (Å²) < 4.78 is 27.2. The molecule has 1 amide bonds. The van der Waals surface area contributed by atoms with Crippen molar-refractivity contribution in [2.45, 2.75) is 22.6 Å². The van der Waals surface area contributed by atoms with Crippen molar-refractivity contribution in [3.63, 3.8) is 0 Å². The van der Waals surface area contributed by atoms with Gasteiger partial charge in [0.1, 0.15) is 0 Å². The topological polar surface area (TPSA) is 57.7 Å². The molecule has 1 aliphatic heterocycles. The first kappa shape index (κ1) is 19.9. The maximum atomic E-state index is 12.8. The van der Waals surface area contributed by atoms with Gasteiger partial charge in [0.25, 0.3) is 0 Å². The van der Waals surface area contributed by atoms with Gasteiger partial charge in [-0.1, -0.05) is 18.2 Å². The number of carbonyl (C=O) groups is 1. The molecule has 0 N–H and O–H groups in total. The number of nitrogens with zero attached hydrogens (tertiary/aromatic N) is 2. The zero-order chi connectivity index (χ0) is 19.4. The van der Waals surface area contributed by atoms with Gasteiger partial charge < -0.3 is 4.90 Å². The fourth-order valence-corrected chi connectivity index (χ4v) is 5.17. The van der Waals surface area contributed by atoms with Crippen molar-refractivity contribution in [2.75, 3.05) is 31.3 Å². The molecule has 144 valence electrons. The third-order valence-corrected chi connectivity index (χ3v) is 7.63. The second-order valence-electron chi connectivity index (χ2n) is 6.59. The molecule has 0 spiro atoms. The molecular formula is C20H24N2O3S2. The van der Waals surface area contributed by atoms with Crippen LogP contribution in [0.5, 0.6) is 0 Å². The summed E-state index contributed by atoms with van der Waals surface area (Å²) >= 11 is 1.58. The summed E-state index contributed by atoms with van der Waals surface area (Å²) in [5, 5.41) is 0. The third-order valence-electron chi connectivity index (χ3n) is 4.97. The van der Waals surface area contributed by atoms with Crippen molar-refractivity contribution in [3.8, 4) is 0 Å². The summed E-state index contributed by atoms with van der Waals surface area (Å²) in [6.07, 6.45) is 3.04. The highest BCUT2D eigenvalue weighted by atomic mass is 32.2. The van der Waals surface area contributed by atoms with E-state index in [4.69, 9.17) is 0 Å². The van der Waals surface area contributed by atoms with Gasteiger partial charge in [-0.3, -0.25) is 4.79 Å². The molecule has 27 heavy (non-hydrogen) atoms. The molecule has 5 nitrogen and oxygen atoms in total. The number of para-hydroxylation sites is 1. The first-order valence-electron chi connectivity index (χ1n) is 8.90. The van der Waals surface area contributed by atoms with E-state index in [0.29, 0.717) is 30.8 Å². The monoisotopic (exact) mass is 404 g/mol. The van der Waals surface area contributed by atoms with E-state index >= 15 is 0 Å². The van der Waals surface area contributed by atoms with Crippen LogP contribution in [0.2, 0.25) is 0 Å². The Labute approximate surface area is 165 Å². The minimum absolute atomic E-state index is 0.0440. The highest BCUT2D eigenvalue weighted by Gasteiger charge is 2.33. The second kappa shape index (κ2) is 8.46. The van der Waals surface area contributed by atoms with Gasteiger partial charge in [0.2, 0.25) is 15.9 Å². The number of hydrogen-bond acceptors (Lipinski definition) is 4. The summed E-state index contributed by atoms with van der Waals surface area (Å²) in [6.45, 7) is 0.733. The lowest BCUT2D eigenvalue weighted by Crippen LogP contribution is -2.43. The largest absolute Gasteiger partial charge is 0.315 e. The number of sulfonamides is 1. The number of hydrogen-bond donors (Lipinski definition) is 0. The number of piperidine rings is 1. The molecule has 1 heterocycles. The Balaban J connectivity index is 1.64. The van der Waals surface area contributed by atoms with Crippen LogP contribution in [0.3, 0.4) is 0 Å². The number of amides is 1. The molecule has 0 atom stereocenters. The summed E-state index contributed by atoms with van der Waals surface area (Å²) in [5.74, 6) is -0.108. The number of anilines is 1. The molecule has 1 aliphatic rings. The molecule has 3 rings (SSSR count). The van der Waals surface area contributed by atoms with Gasteiger partial charge in [-0.15, -0.1) is 11.8 Å². The third kappa shape index (κ3) is 4.36. The van der Waals surface area contributed by atoms with Crippen molar-refractivity contribution in [2.24, 2.45) is 5.92 Å². The van der Waals surface area contributed by atoms with Crippen LogP contribution in [0.1, 0.15) is 12.8 Å². The molecule has 2 aromatic carbocycles. The van der Waals surface area contributed by atoms with E-state index in [9.17, 15) is 13.2 Å². The molecule has 0 radical (unpaired) electrons. The average molecular weight is 405 g/mol. The molecule has 2 aromatic rings. The zero-order valence-electron chi connectivity index (χ0n) is 15.5. The van der Waals surface area contributed by atoms with Crippen LogP contribution in [0, 0.1) is 5.92 Å². The van der Waals surface area contributed by atoms with E-state index < -0.39 is 10.0 Å². The standard InChI is InChI=1S/C20H24N2O3S2/c1-21(17-6-4-3-5-7-17)20(23)16-12-14-22(15-13-16)27(24,25)19-10-8-18(26-2)9-11-19/h3-11,16H,12-15H2,1-2H3. The van der Waals surface area contributed by atoms with Crippen LogP contribution >= 0.6 is 11.8 Å². The molecule has 1 fully saturated rings. The average Bonchev–Trinajstić information content (AvgIpc) is 2.73. The first-order valence-corrected chi connectivity index (χ1v) is 11.6. The van der Waals surface area contributed by atoms with Crippen LogP contribution in [-0.4, -0.2) is 45.0 Å². The normalized spacial score (nSPS) is 16.2. The van der Waals surface area contributed by atoms with Crippen molar-refractivity contribution < 1.29 is 13.2 Å². The maximum Gasteiger partial charge on any atom is 0.243 e. The highest BCUT2D eigenvalue weighted by Crippen LogP contribution is 2.27. The van der Waals surface area contributed by atoms with Gasteiger partial charge in [0, 0.05) is 36.6 Å². The molecule has 0 bridgehead atoms. The van der Waals surface area contributed by atoms with Crippen LogP contribution in [0.4, 0.5) is 5.69 Å². The molecule has 1 saturated heterocycles. The van der Waals surface area contributed by atoms with Gasteiger partial charge >= 0.3 is 0 Å². The van der Waals surface area contributed by atoms with Gasteiger partial charge in [-0.2, -0.15) is 4.31 Å². The number of carbonyl (C=O) groups excluding carboxylic acids is 1. The zero-order valence-corrected chi connectivity index (χ0v) is 17.2. The predicted molar refractivity (Wildman–Crippen MR) is 110 cm³/mol. The van der Waals surface area contributed by atoms with Gasteiger partial charge in [0.05, 0.1) is 4.90 Å². The lowest BCUT2D eigenvalue weighted by molar-refractivity contribution is -0.123. The molecule has 7 heteroatoms. The SMILES string of the molecule is CSc1ccc(S(=O)(=O)N2CCC(C(=O)N(C)c3ccccc3)CC2)cc1. The van der Waals surface area contributed by atoms with E-state index in [0.717, 1.165) is 10.6 Å². The van der Waals surface area contributed by atoms with Gasteiger partial charge in [0.15, 0.2) is 0 Å². The van der Waals surface area contributed by atoms with E-state index in [-0.39, 0.29) is 11.8 Å². The molecule has 0 unspecified atom stereocenters.